The third kappa shape index (κ3) is 3.37. The molecule has 2 rings (SSSR count). The third-order valence-corrected chi connectivity index (χ3v) is 4.97. The Morgan fingerprint density at radius 1 is 1.21 bits per heavy atom. The van der Waals surface area contributed by atoms with E-state index in [1.807, 2.05) is 17.8 Å². The molecule has 0 radical (unpaired) electrons. The van der Waals surface area contributed by atoms with E-state index in [-0.39, 0.29) is 0 Å². The molecule has 4 heteroatoms. The molecule has 1 aliphatic heterocycles. The summed E-state index contributed by atoms with van der Waals surface area (Å²) in [6, 6.07) is 6.19. The summed E-state index contributed by atoms with van der Waals surface area (Å²) in [7, 11) is 3.34. The second-order valence-electron chi connectivity index (χ2n) is 4.91. The largest absolute Gasteiger partial charge is 0.493 e. The van der Waals surface area contributed by atoms with E-state index < -0.39 is 0 Å². The monoisotopic (exact) mass is 281 g/mol. The van der Waals surface area contributed by atoms with Gasteiger partial charge in [-0.05, 0) is 60.4 Å². The highest BCUT2D eigenvalue weighted by Crippen LogP contribution is 2.37. The number of methoxy groups -OCH3 is 2. The lowest BCUT2D eigenvalue weighted by Gasteiger charge is -2.29. The van der Waals surface area contributed by atoms with Crippen LogP contribution in [0.5, 0.6) is 11.5 Å². The van der Waals surface area contributed by atoms with Gasteiger partial charge in [-0.1, -0.05) is 6.07 Å². The van der Waals surface area contributed by atoms with Crippen molar-refractivity contribution in [3.63, 3.8) is 0 Å². The van der Waals surface area contributed by atoms with Gasteiger partial charge in [-0.2, -0.15) is 11.8 Å². The Morgan fingerprint density at radius 2 is 1.89 bits per heavy atom. The smallest absolute Gasteiger partial charge is 0.160 e. The highest BCUT2D eigenvalue weighted by Gasteiger charge is 2.25. The van der Waals surface area contributed by atoms with Crippen LogP contribution in [-0.4, -0.2) is 32.3 Å². The molecule has 0 spiro atoms. The molecule has 0 amide bonds. The van der Waals surface area contributed by atoms with Gasteiger partial charge < -0.3 is 15.2 Å². The zero-order valence-electron chi connectivity index (χ0n) is 11.7. The van der Waals surface area contributed by atoms with Gasteiger partial charge in [0, 0.05) is 0 Å². The first-order valence-electron chi connectivity index (χ1n) is 6.80. The molecule has 1 atom stereocenters. The van der Waals surface area contributed by atoms with Crippen LogP contribution in [0, 0.1) is 5.92 Å². The first-order chi connectivity index (χ1) is 9.30. The molecule has 1 aromatic carbocycles. The molecule has 1 saturated heterocycles. The van der Waals surface area contributed by atoms with Crippen LogP contribution in [0.3, 0.4) is 0 Å². The summed E-state index contributed by atoms with van der Waals surface area (Å²) >= 11 is 2.05. The second-order valence-corrected chi connectivity index (χ2v) is 6.13. The van der Waals surface area contributed by atoms with Crippen LogP contribution in [0.1, 0.15) is 24.3 Å². The van der Waals surface area contributed by atoms with E-state index in [1.54, 1.807) is 14.2 Å². The van der Waals surface area contributed by atoms with Crippen molar-refractivity contribution in [1.29, 1.82) is 0 Å². The summed E-state index contributed by atoms with van der Waals surface area (Å²) in [5, 5.41) is 0. The Labute approximate surface area is 119 Å². The van der Waals surface area contributed by atoms with Crippen molar-refractivity contribution in [1.82, 2.24) is 0 Å². The van der Waals surface area contributed by atoms with Gasteiger partial charge in [0.1, 0.15) is 0 Å². The van der Waals surface area contributed by atoms with Crippen LogP contribution in [-0.2, 0) is 0 Å². The molecule has 1 aromatic rings. The van der Waals surface area contributed by atoms with Crippen LogP contribution in [0.25, 0.3) is 0 Å². The summed E-state index contributed by atoms with van der Waals surface area (Å²) in [4.78, 5) is 0. The average molecular weight is 281 g/mol. The van der Waals surface area contributed by atoms with E-state index in [4.69, 9.17) is 15.2 Å². The third-order valence-electron chi connectivity index (χ3n) is 3.92. The Bertz CT molecular complexity index is 405. The van der Waals surface area contributed by atoms with E-state index in [2.05, 4.69) is 12.1 Å². The summed E-state index contributed by atoms with van der Waals surface area (Å²) in [5.41, 5.74) is 7.29. The zero-order chi connectivity index (χ0) is 13.7. The molecule has 19 heavy (non-hydrogen) atoms. The van der Waals surface area contributed by atoms with Crippen LogP contribution in [0.2, 0.25) is 0 Å². The van der Waals surface area contributed by atoms with E-state index in [9.17, 15) is 0 Å². The molecule has 106 valence electrons. The highest BCUT2D eigenvalue weighted by atomic mass is 32.2. The fourth-order valence-electron chi connectivity index (χ4n) is 2.80. The fraction of sp³-hybridized carbons (Fsp3) is 0.600. The van der Waals surface area contributed by atoms with E-state index in [0.717, 1.165) is 11.5 Å². The summed E-state index contributed by atoms with van der Waals surface area (Å²) < 4.78 is 10.7. The molecule has 1 heterocycles. The van der Waals surface area contributed by atoms with Crippen molar-refractivity contribution < 1.29 is 9.47 Å². The Hall–Kier alpha value is -0.870. The normalized spacial score (nSPS) is 18.1. The standard InChI is InChI=1S/C15H23NO2S/c1-17-14-4-3-12(9-15(14)18-2)13(10-16)11-5-7-19-8-6-11/h3-4,9,11,13H,5-8,10,16H2,1-2H3. The molecule has 0 aromatic heterocycles. The molecule has 0 aliphatic carbocycles. The number of thioether (sulfide) groups is 1. The summed E-state index contributed by atoms with van der Waals surface area (Å²) in [6.45, 7) is 0.699. The Morgan fingerprint density at radius 3 is 2.47 bits per heavy atom. The minimum atomic E-state index is 0.431. The summed E-state index contributed by atoms with van der Waals surface area (Å²) in [5.74, 6) is 5.22. The zero-order valence-corrected chi connectivity index (χ0v) is 12.5. The minimum absolute atomic E-state index is 0.431. The minimum Gasteiger partial charge on any atom is -0.493 e. The number of rotatable bonds is 5. The lowest BCUT2D eigenvalue weighted by atomic mass is 9.82. The topological polar surface area (TPSA) is 44.5 Å². The van der Waals surface area contributed by atoms with Crippen molar-refractivity contribution in [2.75, 3.05) is 32.3 Å². The van der Waals surface area contributed by atoms with Gasteiger partial charge in [0.15, 0.2) is 11.5 Å². The van der Waals surface area contributed by atoms with Crippen LogP contribution in [0.15, 0.2) is 18.2 Å². The molecular weight excluding hydrogens is 258 g/mol. The molecule has 1 fully saturated rings. The molecule has 2 N–H and O–H groups in total. The predicted octanol–water partition coefficient (Wildman–Crippen LogP) is 2.89. The maximum Gasteiger partial charge on any atom is 0.160 e. The lowest BCUT2D eigenvalue weighted by molar-refractivity contribution is 0.351. The van der Waals surface area contributed by atoms with Gasteiger partial charge in [-0.15, -0.1) is 0 Å². The van der Waals surface area contributed by atoms with E-state index in [1.165, 1.54) is 29.9 Å². The van der Waals surface area contributed by atoms with Crippen LogP contribution >= 0.6 is 11.8 Å². The Balaban J connectivity index is 2.22. The fourth-order valence-corrected chi connectivity index (χ4v) is 3.95. The van der Waals surface area contributed by atoms with Gasteiger partial charge >= 0.3 is 0 Å². The van der Waals surface area contributed by atoms with Crippen LogP contribution < -0.4 is 15.2 Å². The number of ether oxygens (including phenoxy) is 2. The first-order valence-corrected chi connectivity index (χ1v) is 7.95. The highest BCUT2D eigenvalue weighted by molar-refractivity contribution is 7.99. The van der Waals surface area contributed by atoms with Gasteiger partial charge in [0.2, 0.25) is 0 Å². The molecule has 3 nitrogen and oxygen atoms in total. The van der Waals surface area contributed by atoms with Gasteiger partial charge in [0.05, 0.1) is 14.2 Å². The molecule has 0 saturated carbocycles. The molecule has 0 bridgehead atoms. The number of benzene rings is 1. The maximum atomic E-state index is 6.02. The van der Waals surface area contributed by atoms with Crippen molar-refractivity contribution >= 4 is 11.8 Å². The van der Waals surface area contributed by atoms with Crippen molar-refractivity contribution in [2.45, 2.75) is 18.8 Å². The van der Waals surface area contributed by atoms with Gasteiger partial charge in [-0.3, -0.25) is 0 Å². The molecule has 1 unspecified atom stereocenters. The molecular formula is C15H23NO2S. The average Bonchev–Trinajstić information content (AvgIpc) is 2.49. The first kappa shape index (κ1) is 14.5. The van der Waals surface area contributed by atoms with Gasteiger partial charge in [0.25, 0.3) is 0 Å². The van der Waals surface area contributed by atoms with Crippen LogP contribution in [0.4, 0.5) is 0 Å². The van der Waals surface area contributed by atoms with Gasteiger partial charge in [-0.25, -0.2) is 0 Å². The van der Waals surface area contributed by atoms with E-state index in [0.29, 0.717) is 18.4 Å². The summed E-state index contributed by atoms with van der Waals surface area (Å²) in [6.07, 6.45) is 2.53. The number of hydrogen-bond acceptors (Lipinski definition) is 4. The van der Waals surface area contributed by atoms with Crippen molar-refractivity contribution in [2.24, 2.45) is 11.7 Å². The second kappa shape index (κ2) is 7.06. The molecule has 1 aliphatic rings. The predicted molar refractivity (Wildman–Crippen MR) is 81.4 cm³/mol. The number of nitrogens with two attached hydrogens (primary N) is 1. The lowest BCUT2D eigenvalue weighted by Crippen LogP contribution is -2.25. The quantitative estimate of drug-likeness (QED) is 0.901. The van der Waals surface area contributed by atoms with E-state index >= 15 is 0 Å². The maximum absolute atomic E-state index is 6.02. The Kier molecular flexibility index (Phi) is 5.40. The van der Waals surface area contributed by atoms with Crippen molar-refractivity contribution in [3.05, 3.63) is 23.8 Å². The number of hydrogen-bond donors (Lipinski definition) is 1. The SMILES string of the molecule is COc1ccc(C(CN)C2CCSCC2)cc1OC. The van der Waals surface area contributed by atoms with Crippen molar-refractivity contribution in [3.8, 4) is 11.5 Å².